The number of nitrogens with two attached hydrogens (primary N) is 1. The molecule has 0 aliphatic carbocycles. The van der Waals surface area contributed by atoms with Crippen molar-refractivity contribution in [3.8, 4) is 5.75 Å². The summed E-state index contributed by atoms with van der Waals surface area (Å²) in [5, 5.41) is 7.54. The van der Waals surface area contributed by atoms with E-state index in [1.165, 1.54) is 14.0 Å². The molecule has 1 atom stereocenters. The average Bonchev–Trinajstić information content (AvgIpc) is 2.65. The van der Waals surface area contributed by atoms with Crippen LogP contribution in [0.2, 0.25) is 0 Å². The number of ether oxygens (including phenoxy) is 2. The molecule has 3 N–H and O–H groups in total. The number of benzene rings is 2. The summed E-state index contributed by atoms with van der Waals surface area (Å²) in [7, 11) is -2.59. The number of halogens is 1. The summed E-state index contributed by atoms with van der Waals surface area (Å²) in [5.74, 6) is -2.12. The van der Waals surface area contributed by atoms with Crippen molar-refractivity contribution in [2.75, 3.05) is 7.11 Å². The second-order valence-electron chi connectivity index (χ2n) is 5.80. The highest BCUT2D eigenvalue weighted by Crippen LogP contribution is 2.16. The van der Waals surface area contributed by atoms with Crippen LogP contribution in [-0.4, -0.2) is 33.5 Å². The van der Waals surface area contributed by atoms with Crippen LogP contribution < -0.4 is 15.2 Å². The second-order valence-corrected chi connectivity index (χ2v) is 7.36. The number of primary sulfonamides is 1. The molecule has 0 bridgehead atoms. The highest BCUT2D eigenvalue weighted by molar-refractivity contribution is 7.89. The van der Waals surface area contributed by atoms with Gasteiger partial charge in [0, 0.05) is 6.54 Å². The van der Waals surface area contributed by atoms with Gasteiger partial charge < -0.3 is 14.8 Å². The van der Waals surface area contributed by atoms with Crippen LogP contribution in [0.4, 0.5) is 4.39 Å². The Labute approximate surface area is 161 Å². The van der Waals surface area contributed by atoms with Crippen LogP contribution in [0, 0.1) is 5.82 Å². The molecule has 2 aromatic carbocycles. The third-order valence-corrected chi connectivity index (χ3v) is 4.68. The monoisotopic (exact) mass is 410 g/mol. The fourth-order valence-corrected chi connectivity index (χ4v) is 2.73. The van der Waals surface area contributed by atoms with Gasteiger partial charge in [0.1, 0.15) is 11.6 Å². The Bertz CT molecular complexity index is 976. The van der Waals surface area contributed by atoms with Crippen molar-refractivity contribution in [3.05, 3.63) is 59.4 Å². The summed E-state index contributed by atoms with van der Waals surface area (Å²) in [6, 6.07) is 9.43. The first-order valence-corrected chi connectivity index (χ1v) is 9.60. The number of carbonyl (C=O) groups is 2. The van der Waals surface area contributed by atoms with E-state index in [0.29, 0.717) is 5.75 Å². The van der Waals surface area contributed by atoms with Gasteiger partial charge in [-0.2, -0.15) is 0 Å². The lowest BCUT2D eigenvalue weighted by atomic mass is 10.2. The summed E-state index contributed by atoms with van der Waals surface area (Å²) >= 11 is 0. The van der Waals surface area contributed by atoms with Gasteiger partial charge in [0.2, 0.25) is 10.0 Å². The highest BCUT2D eigenvalue weighted by atomic mass is 32.2. The van der Waals surface area contributed by atoms with Crippen LogP contribution in [0.25, 0.3) is 0 Å². The number of methoxy groups -OCH3 is 1. The number of esters is 1. The number of sulfonamides is 1. The standard InChI is InChI=1S/C18H19FN2O6S/c1-11(17(22)21-10-12-3-5-13(26-2)6-4-12)27-18(23)15-9-14(28(20,24)25)7-8-16(15)19/h3-9,11H,10H2,1-2H3,(H,21,22)(H2,20,24,25)/t11-/m1/s1. The maximum absolute atomic E-state index is 13.8. The lowest BCUT2D eigenvalue weighted by molar-refractivity contribution is -0.129. The second kappa shape index (κ2) is 8.81. The van der Waals surface area contributed by atoms with E-state index in [4.69, 9.17) is 14.6 Å². The molecule has 150 valence electrons. The number of hydrogen-bond acceptors (Lipinski definition) is 6. The SMILES string of the molecule is COc1ccc(CNC(=O)[C@@H](C)OC(=O)c2cc(S(N)(=O)=O)ccc2F)cc1. The number of hydrogen-bond donors (Lipinski definition) is 2. The molecule has 0 heterocycles. The largest absolute Gasteiger partial charge is 0.497 e. The Balaban J connectivity index is 2.00. The summed E-state index contributed by atoms with van der Waals surface area (Å²) in [6.45, 7) is 1.49. The van der Waals surface area contributed by atoms with Crippen molar-refractivity contribution in [1.29, 1.82) is 0 Å². The first-order chi connectivity index (χ1) is 13.1. The molecule has 10 heteroatoms. The third kappa shape index (κ3) is 5.51. The van der Waals surface area contributed by atoms with Crippen LogP contribution in [0.3, 0.4) is 0 Å². The van der Waals surface area contributed by atoms with Crippen molar-refractivity contribution in [3.63, 3.8) is 0 Å². The molecule has 1 amide bonds. The van der Waals surface area contributed by atoms with Gasteiger partial charge in [-0.05, 0) is 42.8 Å². The number of carbonyl (C=O) groups excluding carboxylic acids is 2. The average molecular weight is 410 g/mol. The van der Waals surface area contributed by atoms with E-state index in [0.717, 1.165) is 23.8 Å². The molecule has 8 nitrogen and oxygen atoms in total. The van der Waals surface area contributed by atoms with E-state index in [-0.39, 0.29) is 6.54 Å². The Morgan fingerprint density at radius 3 is 2.39 bits per heavy atom. The normalized spacial score (nSPS) is 12.1. The van der Waals surface area contributed by atoms with E-state index >= 15 is 0 Å². The topological polar surface area (TPSA) is 125 Å². The Kier molecular flexibility index (Phi) is 6.71. The number of amides is 1. The molecule has 0 spiro atoms. The molecule has 0 saturated heterocycles. The molecule has 0 fully saturated rings. The number of nitrogens with one attached hydrogen (secondary N) is 1. The van der Waals surface area contributed by atoms with Crippen molar-refractivity contribution in [2.24, 2.45) is 5.14 Å². The van der Waals surface area contributed by atoms with Crippen LogP contribution in [0.1, 0.15) is 22.8 Å². The van der Waals surface area contributed by atoms with E-state index in [1.54, 1.807) is 24.3 Å². The minimum atomic E-state index is -4.13. The van der Waals surface area contributed by atoms with Crippen LogP contribution in [-0.2, 0) is 26.1 Å². The van der Waals surface area contributed by atoms with Crippen LogP contribution in [0.5, 0.6) is 5.75 Å². The molecular weight excluding hydrogens is 391 g/mol. The van der Waals surface area contributed by atoms with Gasteiger partial charge in [0.15, 0.2) is 6.10 Å². The van der Waals surface area contributed by atoms with Gasteiger partial charge in [-0.15, -0.1) is 0 Å². The zero-order valence-corrected chi connectivity index (χ0v) is 16.0. The molecule has 2 rings (SSSR count). The van der Waals surface area contributed by atoms with Gasteiger partial charge >= 0.3 is 5.97 Å². The van der Waals surface area contributed by atoms with Crippen molar-refractivity contribution in [1.82, 2.24) is 5.32 Å². The minimum Gasteiger partial charge on any atom is -0.497 e. The minimum absolute atomic E-state index is 0.181. The zero-order chi connectivity index (χ0) is 20.9. The van der Waals surface area contributed by atoms with Gasteiger partial charge in [0.05, 0.1) is 17.6 Å². The predicted molar refractivity (Wildman–Crippen MR) is 97.5 cm³/mol. The molecule has 2 aromatic rings. The first kappa shape index (κ1) is 21.3. The summed E-state index contributed by atoms with van der Waals surface area (Å²) in [5.41, 5.74) is 0.154. The lowest BCUT2D eigenvalue weighted by Gasteiger charge is -2.14. The highest BCUT2D eigenvalue weighted by Gasteiger charge is 2.23. The quantitative estimate of drug-likeness (QED) is 0.664. The third-order valence-electron chi connectivity index (χ3n) is 3.77. The Hall–Kier alpha value is -2.98. The van der Waals surface area contributed by atoms with E-state index < -0.39 is 44.3 Å². The molecule has 0 aromatic heterocycles. The van der Waals surface area contributed by atoms with Crippen LogP contribution >= 0.6 is 0 Å². The van der Waals surface area contributed by atoms with E-state index in [9.17, 15) is 22.4 Å². The van der Waals surface area contributed by atoms with Gasteiger partial charge in [-0.25, -0.2) is 22.7 Å². The molecule has 0 saturated carbocycles. The fourth-order valence-electron chi connectivity index (χ4n) is 2.19. The maximum Gasteiger partial charge on any atom is 0.341 e. The Morgan fingerprint density at radius 2 is 1.82 bits per heavy atom. The molecule has 0 unspecified atom stereocenters. The van der Waals surface area contributed by atoms with E-state index in [1.807, 2.05) is 0 Å². The molecular formula is C18H19FN2O6S. The van der Waals surface area contributed by atoms with Crippen LogP contribution in [0.15, 0.2) is 47.4 Å². The van der Waals surface area contributed by atoms with Gasteiger partial charge in [0.25, 0.3) is 5.91 Å². The summed E-state index contributed by atoms with van der Waals surface area (Å²) < 4.78 is 46.5. The zero-order valence-electron chi connectivity index (χ0n) is 15.1. The molecule has 0 aliphatic rings. The molecule has 0 aliphatic heterocycles. The number of rotatable bonds is 7. The van der Waals surface area contributed by atoms with E-state index in [2.05, 4.69) is 5.32 Å². The van der Waals surface area contributed by atoms with Gasteiger partial charge in [-0.1, -0.05) is 12.1 Å². The predicted octanol–water partition coefficient (Wildman–Crippen LogP) is 1.34. The maximum atomic E-state index is 13.8. The molecule has 0 radical (unpaired) electrons. The van der Waals surface area contributed by atoms with Crippen molar-refractivity contribution >= 4 is 21.9 Å². The Morgan fingerprint density at radius 1 is 1.18 bits per heavy atom. The summed E-state index contributed by atoms with van der Waals surface area (Å²) in [6.07, 6.45) is -1.23. The molecule has 28 heavy (non-hydrogen) atoms. The van der Waals surface area contributed by atoms with Crippen molar-refractivity contribution < 1.29 is 31.9 Å². The smallest absolute Gasteiger partial charge is 0.341 e. The lowest BCUT2D eigenvalue weighted by Crippen LogP contribution is -2.35. The van der Waals surface area contributed by atoms with Gasteiger partial charge in [-0.3, -0.25) is 4.79 Å². The van der Waals surface area contributed by atoms with Crippen molar-refractivity contribution in [2.45, 2.75) is 24.5 Å². The summed E-state index contributed by atoms with van der Waals surface area (Å²) in [4.78, 5) is 23.8. The first-order valence-electron chi connectivity index (χ1n) is 8.06. The fraction of sp³-hybridized carbons (Fsp3) is 0.222.